The number of benzene rings is 2. The Hall–Kier alpha value is -2.40. The fourth-order valence-electron chi connectivity index (χ4n) is 2.63. The summed E-state index contributed by atoms with van der Waals surface area (Å²) in [5.41, 5.74) is 3.19. The topological polar surface area (TPSA) is 43.1 Å². The minimum atomic E-state index is 0.771. The fourth-order valence-corrected chi connectivity index (χ4v) is 3.56. The van der Waals surface area contributed by atoms with Gasteiger partial charge in [-0.05, 0) is 31.0 Å². The van der Waals surface area contributed by atoms with Gasteiger partial charge in [-0.3, -0.25) is 0 Å². The molecule has 0 amide bonds. The molecule has 0 aliphatic rings. The lowest BCUT2D eigenvalue weighted by atomic mass is 10.2. The molecule has 0 saturated carbocycles. The SMILES string of the molecule is Cc1nc2c3ccccc3nc(SCCc3ccccc3)n2n1. The summed E-state index contributed by atoms with van der Waals surface area (Å²) in [6, 6.07) is 18.6. The highest BCUT2D eigenvalue weighted by atomic mass is 32.2. The molecule has 114 valence electrons. The van der Waals surface area contributed by atoms with Crippen LogP contribution in [0.3, 0.4) is 0 Å². The van der Waals surface area contributed by atoms with Crippen molar-refractivity contribution < 1.29 is 0 Å². The van der Waals surface area contributed by atoms with Crippen LogP contribution in [0.4, 0.5) is 0 Å². The summed E-state index contributed by atoms with van der Waals surface area (Å²) in [6.45, 7) is 1.92. The number of rotatable bonds is 4. The monoisotopic (exact) mass is 320 g/mol. The molecule has 0 bridgehead atoms. The predicted molar refractivity (Wildman–Crippen MR) is 93.9 cm³/mol. The highest BCUT2D eigenvalue weighted by molar-refractivity contribution is 7.99. The maximum absolute atomic E-state index is 4.77. The molecule has 0 unspecified atom stereocenters. The maximum Gasteiger partial charge on any atom is 0.191 e. The van der Waals surface area contributed by atoms with Crippen LogP contribution in [0.1, 0.15) is 11.4 Å². The third-order valence-electron chi connectivity index (χ3n) is 3.72. The van der Waals surface area contributed by atoms with Crippen LogP contribution in [0.5, 0.6) is 0 Å². The predicted octanol–water partition coefficient (Wildman–Crippen LogP) is 3.92. The first-order valence-corrected chi connectivity index (χ1v) is 8.59. The van der Waals surface area contributed by atoms with Gasteiger partial charge in [0.1, 0.15) is 5.82 Å². The average molecular weight is 320 g/mol. The maximum atomic E-state index is 4.77. The first-order valence-electron chi connectivity index (χ1n) is 7.60. The molecule has 2 aromatic heterocycles. The molecule has 4 rings (SSSR count). The van der Waals surface area contributed by atoms with Crippen LogP contribution >= 0.6 is 11.8 Å². The number of hydrogen-bond acceptors (Lipinski definition) is 4. The lowest BCUT2D eigenvalue weighted by Crippen LogP contribution is -1.99. The van der Waals surface area contributed by atoms with Gasteiger partial charge in [0, 0.05) is 11.1 Å². The van der Waals surface area contributed by atoms with Crippen molar-refractivity contribution in [2.75, 3.05) is 5.75 Å². The Morgan fingerprint density at radius 3 is 2.61 bits per heavy atom. The van der Waals surface area contributed by atoms with Gasteiger partial charge in [-0.1, -0.05) is 54.2 Å². The summed E-state index contributed by atoms with van der Waals surface area (Å²) in [5, 5.41) is 6.45. The first kappa shape index (κ1) is 14.2. The van der Waals surface area contributed by atoms with Crippen molar-refractivity contribution in [2.24, 2.45) is 0 Å². The number of aryl methyl sites for hydroxylation is 2. The molecule has 4 aromatic rings. The van der Waals surface area contributed by atoms with Crippen molar-refractivity contribution in [3.8, 4) is 0 Å². The Bertz CT molecular complexity index is 963. The van der Waals surface area contributed by atoms with Crippen molar-refractivity contribution in [2.45, 2.75) is 18.5 Å². The third-order valence-corrected chi connectivity index (χ3v) is 4.65. The quantitative estimate of drug-likeness (QED) is 0.422. The number of hydrogen-bond donors (Lipinski definition) is 0. The number of nitrogens with zero attached hydrogens (tertiary/aromatic N) is 4. The van der Waals surface area contributed by atoms with E-state index in [0.29, 0.717) is 0 Å². The Labute approximate surface area is 138 Å². The van der Waals surface area contributed by atoms with Crippen molar-refractivity contribution in [1.29, 1.82) is 0 Å². The number of fused-ring (bicyclic) bond motifs is 3. The van der Waals surface area contributed by atoms with Gasteiger partial charge < -0.3 is 0 Å². The Morgan fingerprint density at radius 2 is 1.74 bits per heavy atom. The zero-order valence-electron chi connectivity index (χ0n) is 12.8. The van der Waals surface area contributed by atoms with E-state index in [1.165, 1.54) is 5.56 Å². The van der Waals surface area contributed by atoms with E-state index in [1.54, 1.807) is 11.8 Å². The number of para-hydroxylation sites is 1. The largest absolute Gasteiger partial charge is 0.222 e. The van der Waals surface area contributed by atoms with E-state index in [0.717, 1.165) is 39.7 Å². The lowest BCUT2D eigenvalue weighted by molar-refractivity contribution is 0.796. The van der Waals surface area contributed by atoms with Gasteiger partial charge >= 0.3 is 0 Å². The Morgan fingerprint density at radius 1 is 0.957 bits per heavy atom. The molecule has 0 spiro atoms. The lowest BCUT2D eigenvalue weighted by Gasteiger charge is -2.06. The van der Waals surface area contributed by atoms with Gasteiger partial charge in [-0.25, -0.2) is 9.97 Å². The van der Waals surface area contributed by atoms with Crippen LogP contribution in [0, 0.1) is 6.92 Å². The van der Waals surface area contributed by atoms with Crippen LogP contribution in [0.2, 0.25) is 0 Å². The average Bonchev–Trinajstić information content (AvgIpc) is 2.98. The Balaban J connectivity index is 1.68. The molecule has 0 atom stereocenters. The number of thioether (sulfide) groups is 1. The highest BCUT2D eigenvalue weighted by Gasteiger charge is 2.11. The standard InChI is InChI=1S/C18H16N4S/c1-13-19-17-15-9-5-6-10-16(15)20-18(22(17)21-13)23-12-11-14-7-3-2-4-8-14/h2-10H,11-12H2,1H3. The molecule has 5 heteroatoms. The zero-order chi connectivity index (χ0) is 15.6. The van der Waals surface area contributed by atoms with E-state index in [9.17, 15) is 0 Å². The van der Waals surface area contributed by atoms with Crippen LogP contribution in [-0.2, 0) is 6.42 Å². The summed E-state index contributed by atoms with van der Waals surface area (Å²) in [5.74, 6) is 1.73. The normalized spacial score (nSPS) is 11.3. The summed E-state index contributed by atoms with van der Waals surface area (Å²) in [7, 11) is 0. The fraction of sp³-hybridized carbons (Fsp3) is 0.167. The molecule has 0 N–H and O–H groups in total. The zero-order valence-corrected chi connectivity index (χ0v) is 13.6. The summed E-state index contributed by atoms with van der Waals surface area (Å²) in [6.07, 6.45) is 1.01. The van der Waals surface area contributed by atoms with E-state index >= 15 is 0 Å². The third kappa shape index (κ3) is 2.80. The minimum Gasteiger partial charge on any atom is -0.222 e. The summed E-state index contributed by atoms with van der Waals surface area (Å²) < 4.78 is 1.87. The van der Waals surface area contributed by atoms with E-state index in [1.807, 2.05) is 41.8 Å². The molecule has 4 nitrogen and oxygen atoms in total. The first-order chi connectivity index (χ1) is 11.3. The molecular weight excluding hydrogens is 304 g/mol. The van der Waals surface area contributed by atoms with Crippen LogP contribution in [0.25, 0.3) is 16.6 Å². The van der Waals surface area contributed by atoms with Crippen LogP contribution in [-0.4, -0.2) is 25.3 Å². The van der Waals surface area contributed by atoms with Gasteiger partial charge in [-0.2, -0.15) is 4.52 Å². The van der Waals surface area contributed by atoms with Crippen LogP contribution < -0.4 is 0 Å². The number of aromatic nitrogens is 4. The van der Waals surface area contributed by atoms with Crippen molar-refractivity contribution >= 4 is 28.3 Å². The van der Waals surface area contributed by atoms with E-state index < -0.39 is 0 Å². The minimum absolute atomic E-state index is 0.771. The second kappa shape index (κ2) is 6.01. The second-order valence-corrected chi connectivity index (χ2v) is 6.45. The van der Waals surface area contributed by atoms with Crippen LogP contribution in [0.15, 0.2) is 59.8 Å². The molecule has 0 aliphatic carbocycles. The summed E-state index contributed by atoms with van der Waals surface area (Å²) in [4.78, 5) is 9.34. The van der Waals surface area contributed by atoms with Crippen molar-refractivity contribution in [1.82, 2.24) is 19.6 Å². The molecular formula is C18H16N4S. The van der Waals surface area contributed by atoms with E-state index in [2.05, 4.69) is 34.3 Å². The summed E-state index contributed by atoms with van der Waals surface area (Å²) >= 11 is 1.72. The molecule has 2 heterocycles. The van der Waals surface area contributed by atoms with Gasteiger partial charge in [0.05, 0.1) is 5.52 Å². The molecule has 0 aliphatic heterocycles. The molecule has 0 fully saturated rings. The highest BCUT2D eigenvalue weighted by Crippen LogP contribution is 2.24. The van der Waals surface area contributed by atoms with Gasteiger partial charge in [-0.15, -0.1) is 5.10 Å². The molecule has 0 radical (unpaired) electrons. The van der Waals surface area contributed by atoms with Crippen molar-refractivity contribution in [3.05, 3.63) is 66.0 Å². The second-order valence-electron chi connectivity index (χ2n) is 5.39. The molecule has 0 saturated heterocycles. The van der Waals surface area contributed by atoms with E-state index in [-0.39, 0.29) is 0 Å². The van der Waals surface area contributed by atoms with E-state index in [4.69, 9.17) is 4.98 Å². The molecule has 2 aromatic carbocycles. The molecule has 23 heavy (non-hydrogen) atoms. The van der Waals surface area contributed by atoms with Gasteiger partial charge in [0.2, 0.25) is 0 Å². The van der Waals surface area contributed by atoms with Gasteiger partial charge in [0.25, 0.3) is 0 Å². The Kier molecular flexibility index (Phi) is 3.71. The van der Waals surface area contributed by atoms with Crippen molar-refractivity contribution in [3.63, 3.8) is 0 Å². The van der Waals surface area contributed by atoms with Gasteiger partial charge in [0.15, 0.2) is 10.8 Å². The smallest absolute Gasteiger partial charge is 0.191 e.